The molecule has 1 amide bonds. The fraction of sp³-hybridized carbons (Fsp3) is 0.160. The number of aryl methyl sites for hydroxylation is 1. The average molecular weight is 426 g/mol. The van der Waals surface area contributed by atoms with Gasteiger partial charge < -0.3 is 19.2 Å². The molecule has 0 aliphatic rings. The van der Waals surface area contributed by atoms with Crippen molar-refractivity contribution in [2.45, 2.75) is 20.0 Å². The van der Waals surface area contributed by atoms with Crippen molar-refractivity contribution in [2.24, 2.45) is 0 Å². The molecular weight excluding hydrogens is 404 g/mol. The smallest absolute Gasteiger partial charge is 0.326 e. The van der Waals surface area contributed by atoms with Gasteiger partial charge in [-0.05, 0) is 43.3 Å². The van der Waals surface area contributed by atoms with E-state index in [2.05, 4.69) is 33.9 Å². The maximum Gasteiger partial charge on any atom is 0.326 e. The number of carbonyl (C=O) groups excluding carboxylic acids is 2. The van der Waals surface area contributed by atoms with Crippen LogP contribution in [0.1, 0.15) is 6.92 Å². The predicted octanol–water partition coefficient (Wildman–Crippen LogP) is 4.35. The molecule has 0 atom stereocenters. The Balaban J connectivity index is 1.26. The topological polar surface area (TPSA) is 78.2 Å². The summed E-state index contributed by atoms with van der Waals surface area (Å²) in [5, 5.41) is 5.04. The Labute approximate surface area is 184 Å². The maximum atomic E-state index is 12.4. The fourth-order valence-corrected chi connectivity index (χ4v) is 4.14. The van der Waals surface area contributed by atoms with E-state index in [9.17, 15) is 9.59 Å². The van der Waals surface area contributed by atoms with Crippen molar-refractivity contribution < 1.29 is 14.3 Å². The van der Waals surface area contributed by atoms with Crippen LogP contribution in [0, 0.1) is 0 Å². The van der Waals surface area contributed by atoms with Gasteiger partial charge in [0.1, 0.15) is 6.54 Å². The summed E-state index contributed by atoms with van der Waals surface area (Å²) in [5.74, 6) is -0.878. The van der Waals surface area contributed by atoms with Crippen molar-refractivity contribution >= 4 is 50.4 Å². The monoisotopic (exact) mass is 426 g/mol. The molecule has 0 radical (unpaired) electrons. The number of esters is 1. The van der Waals surface area contributed by atoms with Gasteiger partial charge in [0.2, 0.25) is 0 Å². The van der Waals surface area contributed by atoms with Crippen LogP contribution in [0.2, 0.25) is 0 Å². The first-order chi connectivity index (χ1) is 15.6. The van der Waals surface area contributed by atoms with E-state index in [0.717, 1.165) is 39.4 Å². The van der Waals surface area contributed by atoms with Crippen molar-refractivity contribution in [1.82, 2.24) is 14.1 Å². The molecule has 0 aliphatic carbocycles. The Morgan fingerprint density at radius 1 is 0.938 bits per heavy atom. The third kappa shape index (κ3) is 3.58. The molecule has 7 nitrogen and oxygen atoms in total. The number of anilines is 1. The van der Waals surface area contributed by atoms with E-state index in [1.54, 1.807) is 10.9 Å². The first-order valence-corrected chi connectivity index (χ1v) is 10.5. The summed E-state index contributed by atoms with van der Waals surface area (Å²) in [7, 11) is 0. The van der Waals surface area contributed by atoms with Crippen LogP contribution in [0.5, 0.6) is 0 Å². The molecule has 0 saturated heterocycles. The fourth-order valence-electron chi connectivity index (χ4n) is 4.14. The molecule has 5 rings (SSSR count). The van der Waals surface area contributed by atoms with Gasteiger partial charge in [-0.3, -0.25) is 9.59 Å². The lowest BCUT2D eigenvalue weighted by molar-refractivity contribution is -0.147. The standard InChI is InChI=1S/C25H22N4O3/c1-2-29-21-9-5-3-7-18(21)19-13-17(11-12-22(19)29)27-24(30)15-32-25(31)14-28-16-26-20-8-4-6-10-23(20)28/h3-13,16H,2,14-15H2,1H3,(H,27,30). The number of nitrogens with zero attached hydrogens (tertiary/aromatic N) is 3. The molecule has 0 fully saturated rings. The maximum absolute atomic E-state index is 12.4. The summed E-state index contributed by atoms with van der Waals surface area (Å²) >= 11 is 0. The van der Waals surface area contributed by atoms with Crippen molar-refractivity contribution in [3.63, 3.8) is 0 Å². The van der Waals surface area contributed by atoms with Crippen LogP contribution in [0.25, 0.3) is 32.8 Å². The SMILES string of the molecule is CCn1c2ccccc2c2cc(NC(=O)COC(=O)Cn3cnc4ccccc43)ccc21. The number of hydrogen-bond donors (Lipinski definition) is 1. The van der Waals surface area contributed by atoms with Gasteiger partial charge in [0.05, 0.1) is 17.4 Å². The predicted molar refractivity (Wildman–Crippen MR) is 124 cm³/mol. The zero-order valence-corrected chi connectivity index (χ0v) is 17.6. The van der Waals surface area contributed by atoms with Crippen LogP contribution < -0.4 is 5.32 Å². The molecule has 3 aromatic carbocycles. The van der Waals surface area contributed by atoms with Crippen molar-refractivity contribution in [1.29, 1.82) is 0 Å². The lowest BCUT2D eigenvalue weighted by Gasteiger charge is -2.08. The second-order valence-corrected chi connectivity index (χ2v) is 7.56. The van der Waals surface area contributed by atoms with Gasteiger partial charge in [0.15, 0.2) is 6.61 Å². The Hall–Kier alpha value is -4.13. The lowest BCUT2D eigenvalue weighted by atomic mass is 10.1. The largest absolute Gasteiger partial charge is 0.454 e. The van der Waals surface area contributed by atoms with E-state index in [4.69, 9.17) is 4.74 Å². The van der Waals surface area contributed by atoms with Gasteiger partial charge in [0.25, 0.3) is 5.91 Å². The first-order valence-electron chi connectivity index (χ1n) is 10.5. The molecule has 0 unspecified atom stereocenters. The Morgan fingerprint density at radius 3 is 2.53 bits per heavy atom. The van der Waals surface area contributed by atoms with Crippen molar-refractivity contribution in [3.05, 3.63) is 73.1 Å². The molecule has 0 aliphatic heterocycles. The summed E-state index contributed by atoms with van der Waals surface area (Å²) < 4.78 is 9.12. The molecule has 0 spiro atoms. The number of aromatic nitrogens is 3. The third-order valence-corrected chi connectivity index (χ3v) is 5.56. The first kappa shape index (κ1) is 19.8. The normalized spacial score (nSPS) is 11.3. The summed E-state index contributed by atoms with van der Waals surface area (Å²) in [6.45, 7) is 2.62. The summed E-state index contributed by atoms with van der Waals surface area (Å²) in [6, 6.07) is 21.6. The lowest BCUT2D eigenvalue weighted by Crippen LogP contribution is -2.22. The molecule has 2 aromatic heterocycles. The average Bonchev–Trinajstić information content (AvgIpc) is 3.36. The van der Waals surface area contributed by atoms with Gasteiger partial charge >= 0.3 is 5.97 Å². The Kier molecular flexibility index (Phi) is 5.07. The quantitative estimate of drug-likeness (QED) is 0.410. The second-order valence-electron chi connectivity index (χ2n) is 7.56. The number of fused-ring (bicyclic) bond motifs is 4. The summed E-state index contributed by atoms with van der Waals surface area (Å²) in [4.78, 5) is 28.8. The molecule has 1 N–H and O–H groups in total. The highest BCUT2D eigenvalue weighted by Crippen LogP contribution is 2.30. The number of benzene rings is 3. The van der Waals surface area contributed by atoms with Gasteiger partial charge in [-0.25, -0.2) is 4.98 Å². The van der Waals surface area contributed by atoms with E-state index in [-0.39, 0.29) is 19.1 Å². The highest BCUT2D eigenvalue weighted by Gasteiger charge is 2.13. The molecule has 32 heavy (non-hydrogen) atoms. The van der Waals surface area contributed by atoms with E-state index in [1.807, 2.05) is 54.6 Å². The Morgan fingerprint density at radius 2 is 1.69 bits per heavy atom. The van der Waals surface area contributed by atoms with Gasteiger partial charge in [-0.1, -0.05) is 30.3 Å². The van der Waals surface area contributed by atoms with Crippen molar-refractivity contribution in [2.75, 3.05) is 11.9 Å². The van der Waals surface area contributed by atoms with E-state index in [1.165, 1.54) is 0 Å². The Bertz CT molecular complexity index is 1460. The van der Waals surface area contributed by atoms with Crippen LogP contribution in [0.4, 0.5) is 5.69 Å². The van der Waals surface area contributed by atoms with Gasteiger partial charge in [-0.15, -0.1) is 0 Å². The number of nitrogens with one attached hydrogen (secondary N) is 1. The number of rotatable bonds is 6. The molecule has 160 valence electrons. The number of amides is 1. The number of imidazole rings is 1. The zero-order chi connectivity index (χ0) is 22.1. The highest BCUT2D eigenvalue weighted by atomic mass is 16.5. The number of ether oxygens (including phenoxy) is 1. The van der Waals surface area contributed by atoms with E-state index in [0.29, 0.717) is 5.69 Å². The summed E-state index contributed by atoms with van der Waals surface area (Å²) in [5.41, 5.74) is 4.59. The molecule has 0 saturated carbocycles. The van der Waals surface area contributed by atoms with Crippen LogP contribution >= 0.6 is 0 Å². The van der Waals surface area contributed by atoms with Crippen LogP contribution in [0.15, 0.2) is 73.1 Å². The second kappa shape index (κ2) is 8.19. The zero-order valence-electron chi connectivity index (χ0n) is 17.6. The van der Waals surface area contributed by atoms with Gasteiger partial charge in [0, 0.05) is 34.0 Å². The van der Waals surface area contributed by atoms with E-state index >= 15 is 0 Å². The highest BCUT2D eigenvalue weighted by molar-refractivity contribution is 6.09. The number of para-hydroxylation sites is 3. The molecular formula is C25H22N4O3. The van der Waals surface area contributed by atoms with Crippen LogP contribution in [-0.4, -0.2) is 32.6 Å². The molecule has 7 heteroatoms. The van der Waals surface area contributed by atoms with Crippen LogP contribution in [0.3, 0.4) is 0 Å². The summed E-state index contributed by atoms with van der Waals surface area (Å²) in [6.07, 6.45) is 1.59. The number of hydrogen-bond acceptors (Lipinski definition) is 4. The van der Waals surface area contributed by atoms with E-state index < -0.39 is 5.97 Å². The molecule has 5 aromatic rings. The molecule has 2 heterocycles. The number of carbonyl (C=O) groups is 2. The minimum Gasteiger partial charge on any atom is -0.454 e. The van der Waals surface area contributed by atoms with Gasteiger partial charge in [-0.2, -0.15) is 0 Å². The molecule has 0 bridgehead atoms. The minimum atomic E-state index is -0.496. The van der Waals surface area contributed by atoms with Crippen LogP contribution in [-0.2, 0) is 27.4 Å². The third-order valence-electron chi connectivity index (χ3n) is 5.56. The minimum absolute atomic E-state index is 0.00370. The van der Waals surface area contributed by atoms with Crippen molar-refractivity contribution in [3.8, 4) is 0 Å².